The molecule has 0 radical (unpaired) electrons. The maximum absolute atomic E-state index is 10.6. The molecule has 0 fully saturated rings. The molecule has 1 atom stereocenters. The number of fused-ring (bicyclic) bond motifs is 1. The molecular weight excluding hydrogens is 228 g/mol. The Kier molecular flexibility index (Phi) is 2.85. The lowest BCUT2D eigenvalue weighted by Crippen LogP contribution is -2.32. The summed E-state index contributed by atoms with van der Waals surface area (Å²) in [6.07, 6.45) is 0.279. The minimum Gasteiger partial charge on any atom is -0.480 e. The van der Waals surface area contributed by atoms with Crippen LogP contribution in [0.25, 0.3) is 10.9 Å². The SMILES string of the molecule is N[C@H](Cc1cc2cc(Cl)ccc2[nH]1)C(=O)O. The van der Waals surface area contributed by atoms with Crippen LogP contribution in [0, 0.1) is 0 Å². The Balaban J connectivity index is 2.29. The fourth-order valence-electron chi connectivity index (χ4n) is 1.60. The predicted octanol–water partition coefficient (Wildman–Crippen LogP) is 1.78. The van der Waals surface area contributed by atoms with Crippen LogP contribution in [-0.2, 0) is 11.2 Å². The number of hydrogen-bond acceptors (Lipinski definition) is 2. The monoisotopic (exact) mass is 238 g/mol. The summed E-state index contributed by atoms with van der Waals surface area (Å²) in [7, 11) is 0. The van der Waals surface area contributed by atoms with Crippen molar-refractivity contribution in [3.05, 3.63) is 35.0 Å². The summed E-state index contributed by atoms with van der Waals surface area (Å²) in [5, 5.41) is 10.3. The van der Waals surface area contributed by atoms with E-state index in [0.717, 1.165) is 16.6 Å². The van der Waals surface area contributed by atoms with Crippen molar-refractivity contribution in [3.8, 4) is 0 Å². The molecule has 84 valence electrons. The number of carboxylic acid groups (broad SMARTS) is 1. The van der Waals surface area contributed by atoms with Crippen molar-refractivity contribution < 1.29 is 9.90 Å². The molecule has 2 rings (SSSR count). The molecule has 0 saturated carbocycles. The lowest BCUT2D eigenvalue weighted by Gasteiger charge is -2.02. The Bertz CT molecular complexity index is 536. The summed E-state index contributed by atoms with van der Waals surface area (Å²) in [5.74, 6) is -1.00. The van der Waals surface area contributed by atoms with Crippen molar-refractivity contribution in [1.29, 1.82) is 0 Å². The summed E-state index contributed by atoms with van der Waals surface area (Å²) in [4.78, 5) is 13.7. The number of halogens is 1. The first-order chi connectivity index (χ1) is 7.56. The fraction of sp³-hybridized carbons (Fsp3) is 0.182. The number of carboxylic acids is 1. The maximum atomic E-state index is 10.6. The first kappa shape index (κ1) is 11.0. The summed E-state index contributed by atoms with van der Waals surface area (Å²) in [6, 6.07) is 6.44. The van der Waals surface area contributed by atoms with E-state index >= 15 is 0 Å². The molecule has 16 heavy (non-hydrogen) atoms. The number of aromatic nitrogens is 1. The number of nitrogens with two attached hydrogens (primary N) is 1. The lowest BCUT2D eigenvalue weighted by atomic mass is 10.1. The van der Waals surface area contributed by atoms with Gasteiger partial charge >= 0.3 is 5.97 Å². The molecular formula is C11H11ClN2O2. The third-order valence-electron chi connectivity index (χ3n) is 2.40. The molecule has 1 aromatic carbocycles. The number of benzene rings is 1. The van der Waals surface area contributed by atoms with Crippen LogP contribution in [0.5, 0.6) is 0 Å². The molecule has 0 aliphatic carbocycles. The zero-order valence-electron chi connectivity index (χ0n) is 8.40. The quantitative estimate of drug-likeness (QED) is 0.763. The highest BCUT2D eigenvalue weighted by molar-refractivity contribution is 6.31. The number of H-pyrrole nitrogens is 1. The molecule has 0 aliphatic heterocycles. The van der Waals surface area contributed by atoms with Crippen LogP contribution in [0.3, 0.4) is 0 Å². The largest absolute Gasteiger partial charge is 0.480 e. The number of aliphatic carboxylic acids is 1. The fourth-order valence-corrected chi connectivity index (χ4v) is 1.78. The van der Waals surface area contributed by atoms with Crippen LogP contribution >= 0.6 is 11.6 Å². The molecule has 4 N–H and O–H groups in total. The van der Waals surface area contributed by atoms with Crippen LogP contribution in [-0.4, -0.2) is 22.1 Å². The molecule has 0 bridgehead atoms. The third kappa shape index (κ3) is 2.18. The van der Waals surface area contributed by atoms with Gasteiger partial charge in [-0.15, -0.1) is 0 Å². The van der Waals surface area contributed by atoms with Gasteiger partial charge in [0.2, 0.25) is 0 Å². The molecule has 0 saturated heterocycles. The number of aromatic amines is 1. The lowest BCUT2D eigenvalue weighted by molar-refractivity contribution is -0.138. The summed E-state index contributed by atoms with van der Waals surface area (Å²) in [5.41, 5.74) is 7.18. The summed E-state index contributed by atoms with van der Waals surface area (Å²) in [6.45, 7) is 0. The van der Waals surface area contributed by atoms with Gasteiger partial charge in [0.25, 0.3) is 0 Å². The second-order valence-electron chi connectivity index (χ2n) is 3.68. The van der Waals surface area contributed by atoms with Gasteiger partial charge in [0.05, 0.1) is 0 Å². The first-order valence-electron chi connectivity index (χ1n) is 4.82. The van der Waals surface area contributed by atoms with E-state index in [2.05, 4.69) is 4.98 Å². The molecule has 4 nitrogen and oxygen atoms in total. The Morgan fingerprint density at radius 2 is 2.25 bits per heavy atom. The molecule has 1 aromatic heterocycles. The van der Waals surface area contributed by atoms with Gasteiger partial charge in [-0.05, 0) is 24.3 Å². The highest BCUT2D eigenvalue weighted by Gasteiger charge is 2.13. The van der Waals surface area contributed by atoms with Gasteiger partial charge in [-0.2, -0.15) is 0 Å². The Labute approximate surface area is 97.0 Å². The van der Waals surface area contributed by atoms with Crippen molar-refractivity contribution in [1.82, 2.24) is 4.98 Å². The van der Waals surface area contributed by atoms with Crippen LogP contribution in [0.4, 0.5) is 0 Å². The predicted molar refractivity (Wildman–Crippen MR) is 62.6 cm³/mol. The second kappa shape index (κ2) is 4.15. The number of rotatable bonds is 3. The molecule has 0 aliphatic rings. The third-order valence-corrected chi connectivity index (χ3v) is 2.63. The first-order valence-corrected chi connectivity index (χ1v) is 5.19. The zero-order valence-corrected chi connectivity index (χ0v) is 9.16. The van der Waals surface area contributed by atoms with Gasteiger partial charge in [-0.1, -0.05) is 11.6 Å². The van der Waals surface area contributed by atoms with Crippen molar-refractivity contribution in [2.75, 3.05) is 0 Å². The van der Waals surface area contributed by atoms with Crippen LogP contribution in [0.2, 0.25) is 5.02 Å². The van der Waals surface area contributed by atoms with E-state index in [9.17, 15) is 4.79 Å². The average molecular weight is 239 g/mol. The molecule has 0 amide bonds. The topological polar surface area (TPSA) is 79.1 Å². The minimum absolute atomic E-state index is 0.279. The van der Waals surface area contributed by atoms with Crippen LogP contribution in [0.1, 0.15) is 5.69 Å². The van der Waals surface area contributed by atoms with E-state index in [4.69, 9.17) is 22.4 Å². The van der Waals surface area contributed by atoms with Crippen molar-refractivity contribution in [2.24, 2.45) is 5.73 Å². The second-order valence-corrected chi connectivity index (χ2v) is 4.11. The normalized spacial score (nSPS) is 12.9. The van der Waals surface area contributed by atoms with Gasteiger partial charge in [0, 0.05) is 28.0 Å². The Hall–Kier alpha value is -1.52. The Morgan fingerprint density at radius 3 is 2.94 bits per heavy atom. The molecule has 0 spiro atoms. The van der Waals surface area contributed by atoms with E-state index in [1.165, 1.54) is 0 Å². The maximum Gasteiger partial charge on any atom is 0.320 e. The molecule has 1 heterocycles. The highest BCUT2D eigenvalue weighted by atomic mass is 35.5. The van der Waals surface area contributed by atoms with Crippen LogP contribution < -0.4 is 5.73 Å². The number of hydrogen-bond donors (Lipinski definition) is 3. The molecule has 2 aromatic rings. The number of nitrogens with one attached hydrogen (secondary N) is 1. The average Bonchev–Trinajstić information content (AvgIpc) is 2.58. The van der Waals surface area contributed by atoms with Gasteiger partial charge in [-0.3, -0.25) is 4.79 Å². The van der Waals surface area contributed by atoms with Crippen molar-refractivity contribution >= 4 is 28.5 Å². The van der Waals surface area contributed by atoms with Crippen LogP contribution in [0.15, 0.2) is 24.3 Å². The smallest absolute Gasteiger partial charge is 0.320 e. The molecule has 5 heteroatoms. The van der Waals surface area contributed by atoms with Gasteiger partial charge in [-0.25, -0.2) is 0 Å². The van der Waals surface area contributed by atoms with E-state index in [1.807, 2.05) is 18.2 Å². The van der Waals surface area contributed by atoms with E-state index < -0.39 is 12.0 Å². The minimum atomic E-state index is -1.00. The van der Waals surface area contributed by atoms with Gasteiger partial charge < -0.3 is 15.8 Å². The van der Waals surface area contributed by atoms with Gasteiger partial charge in [0.15, 0.2) is 0 Å². The zero-order chi connectivity index (χ0) is 11.7. The van der Waals surface area contributed by atoms with Crippen molar-refractivity contribution in [3.63, 3.8) is 0 Å². The van der Waals surface area contributed by atoms with E-state index in [0.29, 0.717) is 5.02 Å². The standard InChI is InChI=1S/C11H11ClN2O2/c12-7-1-2-10-6(3-7)4-8(14-10)5-9(13)11(15)16/h1-4,9,14H,5,13H2,(H,15,16)/t9-/m1/s1. The highest BCUT2D eigenvalue weighted by Crippen LogP contribution is 2.20. The van der Waals surface area contributed by atoms with Gasteiger partial charge in [0.1, 0.15) is 6.04 Å². The summed E-state index contributed by atoms with van der Waals surface area (Å²) >= 11 is 5.85. The molecule has 0 unspecified atom stereocenters. The van der Waals surface area contributed by atoms with E-state index in [-0.39, 0.29) is 6.42 Å². The number of carbonyl (C=O) groups is 1. The summed E-state index contributed by atoms with van der Waals surface area (Å²) < 4.78 is 0. The van der Waals surface area contributed by atoms with E-state index in [1.54, 1.807) is 6.07 Å². The van der Waals surface area contributed by atoms with Crippen molar-refractivity contribution in [2.45, 2.75) is 12.5 Å². The Morgan fingerprint density at radius 1 is 1.50 bits per heavy atom.